The quantitative estimate of drug-likeness (QED) is 0.115. The third-order valence-corrected chi connectivity index (χ3v) is 8.66. The van der Waals surface area contributed by atoms with Crippen LogP contribution in [0.5, 0.6) is 0 Å². The summed E-state index contributed by atoms with van der Waals surface area (Å²) in [4.78, 5) is 59.8. The third-order valence-electron chi connectivity index (χ3n) is 8.66. The molecular formula is C49H91N5O8. The number of amides is 2. The minimum absolute atomic E-state index is 0.0137. The molecule has 3 rings (SSSR count). The van der Waals surface area contributed by atoms with Crippen LogP contribution in [0.4, 0.5) is 4.79 Å². The fraction of sp³-hybridized carbons (Fsp3) is 0.694. The fourth-order valence-corrected chi connectivity index (χ4v) is 5.25. The highest BCUT2D eigenvalue weighted by atomic mass is 16.7. The molecule has 360 valence electrons. The van der Waals surface area contributed by atoms with Crippen molar-refractivity contribution in [3.05, 3.63) is 59.7 Å². The van der Waals surface area contributed by atoms with Gasteiger partial charge in [0, 0.05) is 26.6 Å². The first-order valence-electron chi connectivity index (χ1n) is 22.5. The van der Waals surface area contributed by atoms with Gasteiger partial charge < -0.3 is 44.7 Å². The van der Waals surface area contributed by atoms with Gasteiger partial charge in [-0.05, 0) is 126 Å². The Kier molecular flexibility index (Phi) is 43.2. The Morgan fingerprint density at radius 1 is 0.871 bits per heavy atom. The fourth-order valence-electron chi connectivity index (χ4n) is 5.25. The van der Waals surface area contributed by atoms with E-state index in [0.717, 1.165) is 82.8 Å². The van der Waals surface area contributed by atoms with Crippen molar-refractivity contribution in [3.8, 4) is 0 Å². The number of aldehydes is 3. The lowest BCUT2D eigenvalue weighted by atomic mass is 10.00. The molecule has 13 heteroatoms. The third kappa shape index (κ3) is 39.1. The van der Waals surface area contributed by atoms with Gasteiger partial charge in [-0.25, -0.2) is 9.86 Å². The van der Waals surface area contributed by atoms with Gasteiger partial charge in [-0.2, -0.15) is 0 Å². The van der Waals surface area contributed by atoms with Crippen LogP contribution < -0.4 is 16.0 Å². The number of hydrogen-bond acceptors (Lipinski definition) is 11. The number of rotatable bonds is 15. The highest BCUT2D eigenvalue weighted by Gasteiger charge is 2.25. The summed E-state index contributed by atoms with van der Waals surface area (Å²) in [5, 5.41) is 9.72. The van der Waals surface area contributed by atoms with Crippen molar-refractivity contribution in [1.29, 1.82) is 0 Å². The van der Waals surface area contributed by atoms with Crippen LogP contribution >= 0.6 is 0 Å². The molecule has 13 nitrogen and oxygen atoms in total. The molecule has 3 atom stereocenters. The average molecular weight is 878 g/mol. The Bertz CT molecular complexity index is 1300. The van der Waals surface area contributed by atoms with Crippen molar-refractivity contribution >= 4 is 30.9 Å². The number of nitrogens with zero attached hydrogens (tertiary/aromatic N) is 2. The summed E-state index contributed by atoms with van der Waals surface area (Å²) in [6.45, 7) is 25.7. The molecule has 2 amide bonds. The van der Waals surface area contributed by atoms with Crippen molar-refractivity contribution in [1.82, 2.24) is 25.9 Å². The summed E-state index contributed by atoms with van der Waals surface area (Å²) in [6.07, 6.45) is 16.9. The number of ether oxygens (including phenoxy) is 2. The van der Waals surface area contributed by atoms with Gasteiger partial charge in [-0.15, -0.1) is 0 Å². The van der Waals surface area contributed by atoms with E-state index < -0.39 is 0 Å². The molecule has 1 fully saturated rings. The van der Waals surface area contributed by atoms with E-state index >= 15 is 0 Å². The second-order valence-corrected chi connectivity index (χ2v) is 16.2. The molecule has 62 heavy (non-hydrogen) atoms. The van der Waals surface area contributed by atoms with Crippen LogP contribution in [-0.2, 0) is 39.9 Å². The molecule has 2 aliphatic rings. The van der Waals surface area contributed by atoms with Gasteiger partial charge in [0.1, 0.15) is 24.5 Å². The van der Waals surface area contributed by atoms with Gasteiger partial charge in [0.2, 0.25) is 0 Å². The van der Waals surface area contributed by atoms with Gasteiger partial charge >= 0.3 is 6.09 Å². The first-order chi connectivity index (χ1) is 29.3. The van der Waals surface area contributed by atoms with E-state index in [1.807, 2.05) is 106 Å². The summed E-state index contributed by atoms with van der Waals surface area (Å²) in [5.41, 5.74) is 2.03. The Morgan fingerprint density at radius 3 is 1.85 bits per heavy atom. The summed E-state index contributed by atoms with van der Waals surface area (Å²) in [6, 6.07) is 9.97. The van der Waals surface area contributed by atoms with E-state index in [2.05, 4.69) is 58.1 Å². The van der Waals surface area contributed by atoms with Crippen molar-refractivity contribution in [2.45, 2.75) is 164 Å². The van der Waals surface area contributed by atoms with E-state index in [0.29, 0.717) is 13.0 Å². The standard InChI is InChI=1S/C11H21NO2.C11H15NO.C9H19NO2.C9H12O.C5H12N2O2.2C2H6/c1-9-5-7-12(8-6-9)10(13)14-11(2,3)4;1-12-11(9-13)8-7-10-5-3-2-4-6-10;1-7(8(6-11)10-5)12-9(2,3)4;10-8-4-7-9-5-2-1-3-6-9;1-6-4-5(8)7(2)9-3;2*1-2/h9H,5-8H2,1-4H3;2-6,9,11-12H,7-8H2,1H3;6-8,10H,1-5H3;2,5-6,8H,1,3-4,7H2;6H,4H2,1-3H3;2*1-2H3/t;11-;;;;;/m.0...../s1. The van der Waals surface area contributed by atoms with Gasteiger partial charge in [0.25, 0.3) is 5.91 Å². The maximum atomic E-state index is 11.6. The molecular weight excluding hydrogens is 787 g/mol. The van der Waals surface area contributed by atoms with Crippen molar-refractivity contribution < 1.29 is 38.3 Å². The smallest absolute Gasteiger partial charge is 0.410 e. The molecule has 1 aliphatic carbocycles. The number of benzene rings is 1. The second kappa shape index (κ2) is 41.3. The van der Waals surface area contributed by atoms with Crippen LogP contribution in [-0.4, -0.2) is 125 Å². The molecule has 0 spiro atoms. The Balaban J connectivity index is -0.000000335. The largest absolute Gasteiger partial charge is 0.444 e. The molecule has 1 saturated heterocycles. The Hall–Kier alpha value is -3.75. The monoisotopic (exact) mass is 878 g/mol. The van der Waals surface area contributed by atoms with E-state index in [9.17, 15) is 24.0 Å². The first-order valence-corrected chi connectivity index (χ1v) is 22.5. The number of allylic oxidation sites excluding steroid dienone is 4. The summed E-state index contributed by atoms with van der Waals surface area (Å²) >= 11 is 0. The molecule has 1 aromatic carbocycles. The van der Waals surface area contributed by atoms with Crippen molar-refractivity contribution in [2.24, 2.45) is 5.92 Å². The number of hydrogen-bond donors (Lipinski definition) is 3. The number of hydroxylamine groups is 2. The Labute approximate surface area is 378 Å². The zero-order valence-electron chi connectivity index (χ0n) is 42.1. The van der Waals surface area contributed by atoms with Crippen LogP contribution in [0.15, 0.2) is 54.1 Å². The summed E-state index contributed by atoms with van der Waals surface area (Å²) < 4.78 is 10.9. The van der Waals surface area contributed by atoms with Crippen molar-refractivity contribution in [2.75, 3.05) is 54.9 Å². The number of nitrogens with one attached hydrogen (secondary N) is 3. The van der Waals surface area contributed by atoms with Crippen LogP contribution in [0.25, 0.3) is 0 Å². The van der Waals surface area contributed by atoms with E-state index in [1.54, 1.807) is 21.1 Å². The molecule has 0 aromatic heterocycles. The van der Waals surface area contributed by atoms with E-state index in [4.69, 9.17) is 9.47 Å². The van der Waals surface area contributed by atoms with Gasteiger partial charge in [0.05, 0.1) is 37.4 Å². The first kappa shape index (κ1) is 64.9. The lowest BCUT2D eigenvalue weighted by Crippen LogP contribution is -2.42. The minimum Gasteiger partial charge on any atom is -0.444 e. The zero-order valence-corrected chi connectivity index (χ0v) is 42.1. The summed E-state index contributed by atoms with van der Waals surface area (Å²) in [5.74, 6) is 0.661. The number of likely N-dealkylation sites (tertiary alicyclic amines) is 1. The molecule has 1 heterocycles. The predicted molar refractivity (Wildman–Crippen MR) is 257 cm³/mol. The molecule has 3 N–H and O–H groups in total. The maximum Gasteiger partial charge on any atom is 0.410 e. The number of piperidine rings is 1. The number of carbonyl (C=O) groups excluding carboxylic acids is 5. The van der Waals surface area contributed by atoms with Crippen LogP contribution in [0.2, 0.25) is 0 Å². The van der Waals surface area contributed by atoms with Gasteiger partial charge in [0.15, 0.2) is 0 Å². The molecule has 0 saturated carbocycles. The molecule has 1 aromatic rings. The van der Waals surface area contributed by atoms with Gasteiger partial charge in [-0.1, -0.05) is 88.8 Å². The number of aryl methyl sites for hydroxylation is 1. The highest BCUT2D eigenvalue weighted by molar-refractivity contribution is 5.76. The minimum atomic E-state index is -0.375. The molecule has 1 aliphatic heterocycles. The van der Waals surface area contributed by atoms with Crippen LogP contribution in [0, 0.1) is 5.92 Å². The van der Waals surface area contributed by atoms with Crippen LogP contribution in [0.3, 0.4) is 0 Å². The predicted octanol–water partition coefficient (Wildman–Crippen LogP) is 8.56. The van der Waals surface area contributed by atoms with Crippen LogP contribution in [0.1, 0.15) is 134 Å². The normalized spacial score (nSPS) is 14.5. The SMILES string of the molecule is CC.CC.CC1CCN(C(=O)OC(C)(C)C)CC1.CNC(C=O)C(C)OC(C)(C)C.CNCC(=O)N(C)OC.CN[C@H](C=O)CCc1ccccc1.O=CCCC1=CCCC=C1. The topological polar surface area (TPSA) is 156 Å². The Morgan fingerprint density at radius 2 is 1.45 bits per heavy atom. The van der Waals surface area contributed by atoms with E-state index in [1.165, 1.54) is 23.3 Å². The summed E-state index contributed by atoms with van der Waals surface area (Å²) in [7, 11) is 8.29. The van der Waals surface area contributed by atoms with Gasteiger partial charge in [-0.3, -0.25) is 9.63 Å². The lowest BCUT2D eigenvalue weighted by Gasteiger charge is -2.32. The second-order valence-electron chi connectivity index (χ2n) is 16.2. The lowest BCUT2D eigenvalue weighted by molar-refractivity contribution is -0.167. The molecule has 0 bridgehead atoms. The number of likely N-dealkylation sites (N-methyl/N-ethyl adjacent to an activating group) is 4. The zero-order chi connectivity index (χ0) is 48.6. The maximum absolute atomic E-state index is 11.6. The highest BCUT2D eigenvalue weighted by Crippen LogP contribution is 2.19. The average Bonchev–Trinajstić information content (AvgIpc) is 3.25. The molecule has 2 unspecified atom stereocenters. The molecule has 0 radical (unpaired) electrons. The van der Waals surface area contributed by atoms with E-state index in [-0.39, 0.29) is 41.4 Å². The number of carbonyl (C=O) groups is 5. The van der Waals surface area contributed by atoms with Crippen molar-refractivity contribution in [3.63, 3.8) is 0 Å².